The smallest absolute Gasteiger partial charge is 0.313 e. The first-order chi connectivity index (χ1) is 19.8. The van der Waals surface area contributed by atoms with Crippen molar-refractivity contribution < 1.29 is 29.0 Å². The van der Waals surface area contributed by atoms with E-state index in [1.807, 2.05) is 87.5 Å². The van der Waals surface area contributed by atoms with E-state index in [1.54, 1.807) is 4.90 Å². The molecule has 1 N–H and O–H groups in total. The third-order valence-electron chi connectivity index (χ3n) is 9.58. The fourth-order valence-electron chi connectivity index (χ4n) is 7.32. The van der Waals surface area contributed by atoms with Crippen LogP contribution >= 0.6 is 0 Å². The molecule has 0 radical (unpaired) electrons. The molecule has 2 amide bonds. The van der Waals surface area contributed by atoms with E-state index in [9.17, 15) is 19.5 Å². The zero-order valence-electron chi connectivity index (χ0n) is 23.9. The van der Waals surface area contributed by atoms with Gasteiger partial charge in [-0.05, 0) is 48.6 Å². The number of cyclic esters (lactones) is 1. The number of fused-ring (bicyclic) bond motifs is 3. The Morgan fingerprint density at radius 3 is 2.56 bits per heavy atom. The summed E-state index contributed by atoms with van der Waals surface area (Å²) in [6, 6.07) is 12.1. The minimum absolute atomic E-state index is 0.0901. The highest BCUT2D eigenvalue weighted by molar-refractivity contribution is 6.06. The number of amides is 2. The number of aliphatic hydroxyl groups excluding tert-OH is 1. The van der Waals surface area contributed by atoms with E-state index >= 15 is 0 Å². The van der Waals surface area contributed by atoms with Crippen LogP contribution in [0.5, 0.6) is 0 Å². The van der Waals surface area contributed by atoms with Crippen molar-refractivity contribution >= 4 is 34.2 Å². The van der Waals surface area contributed by atoms with Crippen LogP contribution in [-0.2, 0) is 23.9 Å². The summed E-state index contributed by atoms with van der Waals surface area (Å²) in [7, 11) is 0. The zero-order valence-corrected chi connectivity index (χ0v) is 23.9. The van der Waals surface area contributed by atoms with Gasteiger partial charge in [-0.25, -0.2) is 0 Å². The number of carbonyl (C=O) groups excluding carboxylic acids is 3. The molecule has 41 heavy (non-hydrogen) atoms. The quantitative estimate of drug-likeness (QED) is 0.440. The third-order valence-corrected chi connectivity index (χ3v) is 9.58. The number of carbonyl (C=O) groups is 3. The van der Waals surface area contributed by atoms with Gasteiger partial charge in [0.25, 0.3) is 5.91 Å². The van der Waals surface area contributed by atoms with Crippen molar-refractivity contribution in [2.75, 3.05) is 24.7 Å². The highest BCUT2D eigenvalue weighted by atomic mass is 16.6. The van der Waals surface area contributed by atoms with Crippen molar-refractivity contribution in [2.45, 2.75) is 63.3 Å². The molecule has 0 aliphatic carbocycles. The predicted octanol–water partition coefficient (Wildman–Crippen LogP) is 4.01. The van der Waals surface area contributed by atoms with E-state index in [1.165, 1.54) is 4.90 Å². The largest absolute Gasteiger partial charge is 0.465 e. The molecular weight excluding hydrogens is 520 g/mol. The molecule has 2 aromatic rings. The normalized spacial score (nSPS) is 33.7. The number of likely N-dealkylation sites (tertiary alicyclic amines) is 1. The van der Waals surface area contributed by atoms with E-state index in [-0.39, 0.29) is 37.5 Å². The van der Waals surface area contributed by atoms with Gasteiger partial charge in [-0.1, -0.05) is 74.9 Å². The van der Waals surface area contributed by atoms with Gasteiger partial charge < -0.3 is 24.4 Å². The van der Waals surface area contributed by atoms with Gasteiger partial charge in [-0.3, -0.25) is 14.4 Å². The summed E-state index contributed by atoms with van der Waals surface area (Å²) in [4.78, 5) is 46.2. The molecule has 4 aliphatic heterocycles. The second-order valence-corrected chi connectivity index (χ2v) is 12.0. The number of esters is 1. The molecule has 2 aromatic carbocycles. The monoisotopic (exact) mass is 558 g/mol. The number of hydrogen-bond acceptors (Lipinski definition) is 6. The SMILES string of the molecule is CC[C@H](C)[C@H](CO)N1C(=O)[C@@H]2[C@@H]3C(=O)OCCC/C=C\[C@]3(C)O[C@@]23C=CCN(c2ccc4ccccc4c2)C(=O)C13. The Morgan fingerprint density at radius 2 is 1.80 bits per heavy atom. The van der Waals surface area contributed by atoms with Gasteiger partial charge in [0.2, 0.25) is 5.91 Å². The molecule has 4 heterocycles. The first-order valence-electron chi connectivity index (χ1n) is 14.7. The van der Waals surface area contributed by atoms with Crippen molar-refractivity contribution in [3.63, 3.8) is 0 Å². The van der Waals surface area contributed by atoms with Gasteiger partial charge >= 0.3 is 5.97 Å². The number of hydrogen-bond donors (Lipinski definition) is 1. The Labute approximate surface area is 240 Å². The first-order valence-corrected chi connectivity index (χ1v) is 14.7. The molecule has 7 atom stereocenters. The van der Waals surface area contributed by atoms with Crippen LogP contribution in [0.25, 0.3) is 10.8 Å². The standard InChI is InChI=1S/C33H38N2O6/c1-4-21(2)25(20-36)35-28-30(38)34(24-14-13-22-11-6-7-12-23(22)19-24)17-10-16-33(28)26(29(35)37)27-31(39)40-18-9-5-8-15-32(27,3)41-33/h6-8,10-16,19,21,25-28,36H,4-5,9,17-18,20H2,1-3H3/b15-8-/t21-,25-,26-,27+,28?,32-,33-/m0/s1. The minimum Gasteiger partial charge on any atom is -0.465 e. The lowest BCUT2D eigenvalue weighted by Crippen LogP contribution is -2.60. The molecule has 0 bridgehead atoms. The van der Waals surface area contributed by atoms with E-state index in [2.05, 4.69) is 0 Å². The molecule has 216 valence electrons. The topological polar surface area (TPSA) is 96.4 Å². The Kier molecular flexibility index (Phi) is 7.02. The maximum atomic E-state index is 14.8. The summed E-state index contributed by atoms with van der Waals surface area (Å²) in [5.41, 5.74) is -1.83. The second-order valence-electron chi connectivity index (χ2n) is 12.0. The summed E-state index contributed by atoms with van der Waals surface area (Å²) >= 11 is 0. The average Bonchev–Trinajstić information content (AvgIpc) is 3.32. The van der Waals surface area contributed by atoms with Crippen molar-refractivity contribution in [3.05, 3.63) is 66.8 Å². The number of allylic oxidation sites excluding steroid dienone is 1. The summed E-state index contributed by atoms with van der Waals surface area (Å²) in [5.74, 6) is -3.13. The summed E-state index contributed by atoms with van der Waals surface area (Å²) < 4.78 is 12.5. The average molecular weight is 559 g/mol. The Hall–Kier alpha value is -3.49. The van der Waals surface area contributed by atoms with Gasteiger partial charge in [0.1, 0.15) is 17.6 Å². The minimum atomic E-state index is -1.40. The number of benzene rings is 2. The first kappa shape index (κ1) is 27.7. The Morgan fingerprint density at radius 1 is 1.02 bits per heavy atom. The number of rotatable bonds is 5. The van der Waals surface area contributed by atoms with Crippen LogP contribution < -0.4 is 4.90 Å². The van der Waals surface area contributed by atoms with Crippen molar-refractivity contribution in [1.29, 1.82) is 0 Å². The molecular formula is C33H38N2O6. The summed E-state index contributed by atoms with van der Waals surface area (Å²) in [6.07, 6.45) is 9.64. The second kappa shape index (κ2) is 10.4. The maximum absolute atomic E-state index is 14.8. The van der Waals surface area contributed by atoms with Gasteiger partial charge in [0.15, 0.2) is 0 Å². The number of nitrogens with zero attached hydrogens (tertiary/aromatic N) is 2. The van der Waals surface area contributed by atoms with Crippen LogP contribution in [0.2, 0.25) is 0 Å². The molecule has 4 aliphatic rings. The van der Waals surface area contributed by atoms with Crippen LogP contribution in [0.3, 0.4) is 0 Å². The van der Waals surface area contributed by atoms with Gasteiger partial charge in [-0.15, -0.1) is 0 Å². The fourth-order valence-corrected chi connectivity index (χ4v) is 7.32. The highest BCUT2D eigenvalue weighted by Gasteiger charge is 2.75. The summed E-state index contributed by atoms with van der Waals surface area (Å²) in [5, 5.41) is 12.6. The van der Waals surface area contributed by atoms with Gasteiger partial charge in [0.05, 0.1) is 30.8 Å². The van der Waals surface area contributed by atoms with Gasteiger partial charge in [-0.2, -0.15) is 0 Å². The third kappa shape index (κ3) is 4.22. The van der Waals surface area contributed by atoms with Crippen LogP contribution in [0, 0.1) is 17.8 Å². The number of ether oxygens (including phenoxy) is 2. The fraction of sp³-hybridized carbons (Fsp3) is 0.485. The van der Waals surface area contributed by atoms with Crippen LogP contribution in [0.15, 0.2) is 66.8 Å². The van der Waals surface area contributed by atoms with Crippen LogP contribution in [0.1, 0.15) is 40.0 Å². The lowest BCUT2D eigenvalue weighted by Gasteiger charge is -2.41. The number of aliphatic hydroxyl groups is 1. The molecule has 8 nitrogen and oxygen atoms in total. The lowest BCUT2D eigenvalue weighted by atomic mass is 9.74. The Bertz CT molecular complexity index is 1440. The zero-order chi connectivity index (χ0) is 28.9. The van der Waals surface area contributed by atoms with Crippen molar-refractivity contribution in [3.8, 4) is 0 Å². The molecule has 1 unspecified atom stereocenters. The van der Waals surface area contributed by atoms with E-state index in [4.69, 9.17) is 9.47 Å². The van der Waals surface area contributed by atoms with Crippen LogP contribution in [-0.4, -0.2) is 70.8 Å². The lowest BCUT2D eigenvalue weighted by molar-refractivity contribution is -0.160. The molecule has 0 saturated carbocycles. The molecule has 1 spiro atoms. The van der Waals surface area contributed by atoms with E-state index in [0.29, 0.717) is 24.9 Å². The maximum Gasteiger partial charge on any atom is 0.313 e. The predicted molar refractivity (Wildman–Crippen MR) is 155 cm³/mol. The molecule has 6 rings (SSSR count). The van der Waals surface area contributed by atoms with Crippen molar-refractivity contribution in [1.82, 2.24) is 4.90 Å². The van der Waals surface area contributed by atoms with Crippen molar-refractivity contribution in [2.24, 2.45) is 17.8 Å². The van der Waals surface area contributed by atoms with E-state index < -0.39 is 41.1 Å². The highest BCUT2D eigenvalue weighted by Crippen LogP contribution is 2.58. The van der Waals surface area contributed by atoms with Gasteiger partial charge in [0, 0.05) is 12.2 Å². The van der Waals surface area contributed by atoms with E-state index in [0.717, 1.165) is 10.8 Å². The molecule has 0 aromatic heterocycles. The molecule has 8 heteroatoms. The Balaban J connectivity index is 1.51. The molecule has 2 fully saturated rings. The van der Waals surface area contributed by atoms with Crippen LogP contribution in [0.4, 0.5) is 5.69 Å². The number of anilines is 1. The summed E-state index contributed by atoms with van der Waals surface area (Å²) in [6.45, 7) is 6.00. The molecule has 2 saturated heterocycles.